The van der Waals surface area contributed by atoms with Crippen LogP contribution in [0.4, 0.5) is 8.78 Å². The van der Waals surface area contributed by atoms with Gasteiger partial charge in [-0.1, -0.05) is 51.5 Å². The van der Waals surface area contributed by atoms with Gasteiger partial charge in [-0.15, -0.1) is 0 Å². The van der Waals surface area contributed by atoms with Gasteiger partial charge in [-0.05, 0) is 24.0 Å². The molecule has 0 aliphatic carbocycles. The van der Waals surface area contributed by atoms with E-state index in [1.54, 1.807) is 12.1 Å². The molecule has 0 heterocycles. The summed E-state index contributed by atoms with van der Waals surface area (Å²) in [5.41, 5.74) is 0.298. The minimum absolute atomic E-state index is 0.351. The Morgan fingerprint density at radius 3 is 2.11 bits per heavy atom. The molecule has 18 heavy (non-hydrogen) atoms. The highest BCUT2D eigenvalue weighted by Gasteiger charge is 2.39. The molecule has 1 nitrogen and oxygen atoms in total. The lowest BCUT2D eigenvalue weighted by molar-refractivity contribution is -0.0879. The summed E-state index contributed by atoms with van der Waals surface area (Å²) in [5, 5.41) is 10.6. The lowest BCUT2D eigenvalue weighted by atomic mass is 9.79. The maximum Gasteiger partial charge on any atom is 0.244 e. The van der Waals surface area contributed by atoms with Crippen LogP contribution < -0.4 is 0 Å². The van der Waals surface area contributed by atoms with E-state index in [0.29, 0.717) is 18.4 Å². The predicted octanol–water partition coefficient (Wildman–Crippen LogP) is 4.14. The largest absolute Gasteiger partial charge is 0.385 e. The number of aryl methyl sites for hydroxylation is 1. The highest BCUT2D eigenvalue weighted by atomic mass is 19.3. The van der Waals surface area contributed by atoms with Gasteiger partial charge in [0.25, 0.3) is 0 Å². The van der Waals surface area contributed by atoms with Crippen molar-refractivity contribution in [3.63, 3.8) is 0 Å². The van der Waals surface area contributed by atoms with E-state index in [1.165, 1.54) is 6.92 Å². The number of alkyl halides is 2. The molecule has 102 valence electrons. The number of hydrogen-bond acceptors (Lipinski definition) is 1. The van der Waals surface area contributed by atoms with Gasteiger partial charge >= 0.3 is 0 Å². The Hall–Kier alpha value is -0.960. The predicted molar refractivity (Wildman–Crippen MR) is 69.8 cm³/mol. The van der Waals surface area contributed by atoms with Crippen LogP contribution in [-0.4, -0.2) is 11.5 Å². The molecule has 0 radical (unpaired) electrons. The second-order valence-electron chi connectivity index (χ2n) is 4.85. The summed E-state index contributed by atoms with van der Waals surface area (Å²) in [6.07, 6.45) is -0.600. The molecule has 0 saturated heterocycles. The van der Waals surface area contributed by atoms with Crippen LogP contribution in [0.2, 0.25) is 0 Å². The minimum Gasteiger partial charge on any atom is -0.385 e. The summed E-state index contributed by atoms with van der Waals surface area (Å²) in [4.78, 5) is 0. The number of rotatable bonds is 6. The number of hydrogen-bond donors (Lipinski definition) is 1. The first kappa shape index (κ1) is 15.1. The lowest BCUT2D eigenvalue weighted by Gasteiger charge is -2.34. The van der Waals surface area contributed by atoms with Gasteiger partial charge in [-0.25, -0.2) is 8.78 Å². The van der Waals surface area contributed by atoms with Crippen LogP contribution in [0.1, 0.15) is 44.7 Å². The molecule has 0 bridgehead atoms. The molecular weight excluding hydrogens is 234 g/mol. The SMILES string of the molecule is CCCC(O)(c1ccc(CC)cc1)C(C)C(F)F. The molecule has 0 spiro atoms. The fourth-order valence-electron chi connectivity index (χ4n) is 2.25. The Kier molecular flexibility index (Phi) is 5.27. The monoisotopic (exact) mass is 256 g/mol. The standard InChI is InChI=1S/C15H22F2O/c1-4-10-15(18,11(3)14(16)17)13-8-6-12(5-2)7-9-13/h6-9,11,14,18H,4-5,10H2,1-3H3. The first-order valence-corrected chi connectivity index (χ1v) is 6.55. The molecule has 0 aromatic heterocycles. The summed E-state index contributed by atoms with van der Waals surface area (Å²) in [6.45, 7) is 5.34. The summed E-state index contributed by atoms with van der Waals surface area (Å²) in [6, 6.07) is 7.34. The van der Waals surface area contributed by atoms with E-state index in [1.807, 2.05) is 26.0 Å². The van der Waals surface area contributed by atoms with Gasteiger partial charge in [0.15, 0.2) is 0 Å². The van der Waals surface area contributed by atoms with Crippen molar-refractivity contribution in [2.45, 2.75) is 52.1 Å². The van der Waals surface area contributed by atoms with Crippen molar-refractivity contribution in [2.24, 2.45) is 5.92 Å². The van der Waals surface area contributed by atoms with Crippen molar-refractivity contribution in [1.82, 2.24) is 0 Å². The topological polar surface area (TPSA) is 20.2 Å². The zero-order valence-electron chi connectivity index (χ0n) is 11.3. The molecule has 0 aliphatic rings. The Bertz CT molecular complexity index is 361. The average Bonchev–Trinajstić information content (AvgIpc) is 2.38. The Labute approximate surface area is 108 Å². The highest BCUT2D eigenvalue weighted by molar-refractivity contribution is 5.28. The third-order valence-corrected chi connectivity index (χ3v) is 3.62. The smallest absolute Gasteiger partial charge is 0.244 e. The molecule has 1 aromatic carbocycles. The number of halogens is 2. The molecule has 3 heteroatoms. The fourth-order valence-corrected chi connectivity index (χ4v) is 2.25. The molecule has 0 fully saturated rings. The quantitative estimate of drug-likeness (QED) is 0.811. The molecular formula is C15H22F2O. The third kappa shape index (κ3) is 3.08. The number of benzene rings is 1. The first-order chi connectivity index (χ1) is 8.45. The summed E-state index contributed by atoms with van der Waals surface area (Å²) < 4.78 is 25.8. The molecule has 0 amide bonds. The van der Waals surface area contributed by atoms with Crippen molar-refractivity contribution in [1.29, 1.82) is 0 Å². The molecule has 0 saturated carbocycles. The van der Waals surface area contributed by atoms with E-state index in [9.17, 15) is 13.9 Å². The Balaban J connectivity index is 3.09. The van der Waals surface area contributed by atoms with Crippen molar-refractivity contribution in [3.05, 3.63) is 35.4 Å². The van der Waals surface area contributed by atoms with Crippen LogP contribution in [0.25, 0.3) is 0 Å². The van der Waals surface area contributed by atoms with Crippen molar-refractivity contribution in [3.8, 4) is 0 Å². The van der Waals surface area contributed by atoms with Gasteiger partial charge in [0.05, 0.1) is 11.5 Å². The minimum atomic E-state index is -2.52. The molecule has 2 atom stereocenters. The first-order valence-electron chi connectivity index (χ1n) is 6.55. The molecule has 1 rings (SSSR count). The maximum absolute atomic E-state index is 12.9. The highest BCUT2D eigenvalue weighted by Crippen LogP contribution is 2.37. The van der Waals surface area contributed by atoms with E-state index in [0.717, 1.165) is 12.0 Å². The van der Waals surface area contributed by atoms with Gasteiger partial charge < -0.3 is 5.11 Å². The van der Waals surface area contributed by atoms with Gasteiger partial charge in [0.1, 0.15) is 0 Å². The number of aliphatic hydroxyl groups is 1. The van der Waals surface area contributed by atoms with E-state index in [4.69, 9.17) is 0 Å². The van der Waals surface area contributed by atoms with Crippen molar-refractivity contribution < 1.29 is 13.9 Å². The van der Waals surface area contributed by atoms with Crippen LogP contribution in [0, 0.1) is 5.92 Å². The van der Waals surface area contributed by atoms with E-state index < -0.39 is 17.9 Å². The van der Waals surface area contributed by atoms with Crippen LogP contribution in [-0.2, 0) is 12.0 Å². The Morgan fingerprint density at radius 2 is 1.72 bits per heavy atom. The lowest BCUT2D eigenvalue weighted by Crippen LogP contribution is -2.37. The maximum atomic E-state index is 12.9. The second-order valence-corrected chi connectivity index (χ2v) is 4.85. The third-order valence-electron chi connectivity index (χ3n) is 3.62. The average molecular weight is 256 g/mol. The van der Waals surface area contributed by atoms with Gasteiger partial charge in [0, 0.05) is 0 Å². The van der Waals surface area contributed by atoms with Crippen LogP contribution in [0.3, 0.4) is 0 Å². The molecule has 1 aromatic rings. The molecule has 2 unspecified atom stereocenters. The zero-order valence-corrected chi connectivity index (χ0v) is 11.3. The zero-order chi connectivity index (χ0) is 13.8. The van der Waals surface area contributed by atoms with Gasteiger partial charge in [0.2, 0.25) is 6.43 Å². The van der Waals surface area contributed by atoms with Crippen LogP contribution in [0.15, 0.2) is 24.3 Å². The Morgan fingerprint density at radius 1 is 1.17 bits per heavy atom. The molecule has 1 N–H and O–H groups in total. The van der Waals surface area contributed by atoms with Gasteiger partial charge in [-0.2, -0.15) is 0 Å². The van der Waals surface area contributed by atoms with E-state index >= 15 is 0 Å². The van der Waals surface area contributed by atoms with E-state index in [2.05, 4.69) is 0 Å². The van der Waals surface area contributed by atoms with Crippen molar-refractivity contribution in [2.75, 3.05) is 0 Å². The normalized spacial score (nSPS) is 16.6. The van der Waals surface area contributed by atoms with Gasteiger partial charge in [-0.3, -0.25) is 0 Å². The van der Waals surface area contributed by atoms with Crippen LogP contribution in [0.5, 0.6) is 0 Å². The second kappa shape index (κ2) is 6.28. The van der Waals surface area contributed by atoms with E-state index in [-0.39, 0.29) is 0 Å². The fraction of sp³-hybridized carbons (Fsp3) is 0.600. The summed E-state index contributed by atoms with van der Waals surface area (Å²) >= 11 is 0. The molecule has 0 aliphatic heterocycles. The summed E-state index contributed by atoms with van der Waals surface area (Å²) in [7, 11) is 0. The van der Waals surface area contributed by atoms with Crippen molar-refractivity contribution >= 4 is 0 Å². The summed E-state index contributed by atoms with van der Waals surface area (Å²) in [5.74, 6) is -1.06. The van der Waals surface area contributed by atoms with Crippen LogP contribution >= 0.6 is 0 Å².